The summed E-state index contributed by atoms with van der Waals surface area (Å²) in [6.45, 7) is 6.81. The molecule has 8 heteroatoms. The van der Waals surface area contributed by atoms with E-state index in [1.165, 1.54) is 5.69 Å². The Morgan fingerprint density at radius 1 is 0.912 bits per heavy atom. The number of piperazine rings is 1. The number of amides is 2. The van der Waals surface area contributed by atoms with Crippen LogP contribution in [0, 0.1) is 0 Å². The van der Waals surface area contributed by atoms with Crippen molar-refractivity contribution in [2.45, 2.75) is 12.5 Å². The molecule has 3 heterocycles. The number of rotatable bonds is 4. The molecule has 0 spiro atoms. The molecule has 0 bridgehead atoms. The van der Waals surface area contributed by atoms with E-state index in [2.05, 4.69) is 28.2 Å². The van der Waals surface area contributed by atoms with E-state index >= 15 is 0 Å². The Labute approximate surface area is 200 Å². The summed E-state index contributed by atoms with van der Waals surface area (Å²) < 4.78 is 11.3. The van der Waals surface area contributed by atoms with E-state index in [4.69, 9.17) is 9.47 Å². The number of hydrogen-bond acceptors (Lipinski definition) is 6. The van der Waals surface area contributed by atoms with Crippen LogP contribution in [0.1, 0.15) is 26.3 Å². The fourth-order valence-corrected chi connectivity index (χ4v) is 4.81. The number of nitrogens with zero attached hydrogens (tertiary/aromatic N) is 3. The van der Waals surface area contributed by atoms with E-state index < -0.39 is 0 Å². The number of likely N-dealkylation sites (N-methyl/N-ethyl adjacent to an activating group) is 1. The molecule has 0 radical (unpaired) electrons. The van der Waals surface area contributed by atoms with Crippen LogP contribution in [0.25, 0.3) is 0 Å². The molecule has 8 nitrogen and oxygen atoms in total. The maximum absolute atomic E-state index is 12.9. The van der Waals surface area contributed by atoms with Crippen molar-refractivity contribution in [3.05, 3.63) is 59.2 Å². The van der Waals surface area contributed by atoms with Gasteiger partial charge in [0, 0.05) is 68.1 Å². The van der Waals surface area contributed by atoms with Gasteiger partial charge in [0.05, 0.1) is 19.3 Å². The van der Waals surface area contributed by atoms with Crippen molar-refractivity contribution in [3.8, 4) is 5.75 Å². The molecular weight excluding hydrogens is 432 g/mol. The van der Waals surface area contributed by atoms with Crippen LogP contribution in [-0.2, 0) is 11.2 Å². The van der Waals surface area contributed by atoms with Gasteiger partial charge in [0.1, 0.15) is 12.4 Å². The van der Waals surface area contributed by atoms with Gasteiger partial charge in [0.2, 0.25) is 0 Å². The van der Waals surface area contributed by atoms with Crippen LogP contribution < -0.4 is 15.0 Å². The van der Waals surface area contributed by atoms with Crippen molar-refractivity contribution < 1.29 is 19.1 Å². The lowest BCUT2D eigenvalue weighted by Gasteiger charge is -2.37. The molecule has 2 fully saturated rings. The van der Waals surface area contributed by atoms with Gasteiger partial charge in [-0.1, -0.05) is 6.07 Å². The van der Waals surface area contributed by atoms with Crippen molar-refractivity contribution >= 4 is 17.5 Å². The van der Waals surface area contributed by atoms with Gasteiger partial charge < -0.3 is 29.5 Å². The average Bonchev–Trinajstić information content (AvgIpc) is 2.89. The molecular formula is C26H32N4O4. The molecule has 1 N–H and O–H groups in total. The van der Waals surface area contributed by atoms with Gasteiger partial charge in [-0.15, -0.1) is 0 Å². The predicted octanol–water partition coefficient (Wildman–Crippen LogP) is 1.64. The van der Waals surface area contributed by atoms with Gasteiger partial charge in [-0.25, -0.2) is 0 Å². The lowest BCUT2D eigenvalue weighted by atomic mass is 9.99. The zero-order chi connectivity index (χ0) is 23.5. The second-order valence-electron chi connectivity index (χ2n) is 9.21. The van der Waals surface area contributed by atoms with E-state index in [1.54, 1.807) is 29.2 Å². The van der Waals surface area contributed by atoms with Crippen LogP contribution in [-0.4, -0.2) is 93.8 Å². The molecule has 34 heavy (non-hydrogen) atoms. The lowest BCUT2D eigenvalue weighted by Crippen LogP contribution is -2.46. The highest BCUT2D eigenvalue weighted by atomic mass is 16.5. The lowest BCUT2D eigenvalue weighted by molar-refractivity contribution is 0.0303. The van der Waals surface area contributed by atoms with E-state index in [-0.39, 0.29) is 17.9 Å². The summed E-state index contributed by atoms with van der Waals surface area (Å²) in [6, 6.07) is 13.0. The van der Waals surface area contributed by atoms with Crippen LogP contribution in [0.15, 0.2) is 42.5 Å². The van der Waals surface area contributed by atoms with Crippen LogP contribution in [0.4, 0.5) is 5.69 Å². The van der Waals surface area contributed by atoms with Crippen LogP contribution in [0.3, 0.4) is 0 Å². The van der Waals surface area contributed by atoms with Gasteiger partial charge in [-0.2, -0.15) is 0 Å². The van der Waals surface area contributed by atoms with E-state index in [0.717, 1.165) is 43.9 Å². The third-order valence-electron chi connectivity index (χ3n) is 6.87. The first kappa shape index (κ1) is 22.7. The fourth-order valence-electron chi connectivity index (χ4n) is 4.81. The largest absolute Gasteiger partial charge is 0.491 e. The van der Waals surface area contributed by atoms with E-state index in [1.807, 2.05) is 12.1 Å². The molecule has 3 aliphatic rings. The molecule has 3 aliphatic heterocycles. The normalized spacial score (nSPS) is 20.9. The summed E-state index contributed by atoms with van der Waals surface area (Å²) in [4.78, 5) is 32.1. The van der Waals surface area contributed by atoms with Crippen molar-refractivity contribution in [2.75, 3.05) is 71.0 Å². The SMILES string of the molecule is CN1CCN(c2cccc3c2CC(NC(=O)c2ccc(C(=O)N4CCOCC4)cc2)CO3)CC1. The van der Waals surface area contributed by atoms with Crippen LogP contribution >= 0.6 is 0 Å². The van der Waals surface area contributed by atoms with Gasteiger partial charge in [0.25, 0.3) is 11.8 Å². The zero-order valence-electron chi connectivity index (χ0n) is 19.7. The van der Waals surface area contributed by atoms with Crippen LogP contribution in [0.5, 0.6) is 5.75 Å². The topological polar surface area (TPSA) is 74.4 Å². The van der Waals surface area contributed by atoms with Crippen LogP contribution in [0.2, 0.25) is 0 Å². The number of ether oxygens (including phenoxy) is 2. The summed E-state index contributed by atoms with van der Waals surface area (Å²) >= 11 is 0. The Morgan fingerprint density at radius 2 is 1.62 bits per heavy atom. The summed E-state index contributed by atoms with van der Waals surface area (Å²) in [5, 5.41) is 3.12. The molecule has 0 saturated carbocycles. The Hall–Kier alpha value is -3.10. The predicted molar refractivity (Wildman–Crippen MR) is 130 cm³/mol. The number of benzene rings is 2. The highest BCUT2D eigenvalue weighted by Crippen LogP contribution is 2.34. The monoisotopic (exact) mass is 464 g/mol. The number of fused-ring (bicyclic) bond motifs is 1. The first-order chi connectivity index (χ1) is 16.6. The molecule has 2 aromatic carbocycles. The standard InChI is InChI=1S/C26H32N4O4/c1-28-9-11-29(12-10-28)23-3-2-4-24-22(23)17-21(18-34-24)27-25(31)19-5-7-20(8-6-19)26(32)30-13-15-33-16-14-30/h2-8,21H,9-18H2,1H3,(H,27,31). The molecule has 2 aromatic rings. The Bertz CT molecular complexity index is 1030. The summed E-state index contributed by atoms with van der Waals surface area (Å²) in [5.74, 6) is 0.733. The first-order valence-electron chi connectivity index (χ1n) is 12.0. The van der Waals surface area contributed by atoms with Gasteiger partial charge in [-0.05, 0) is 43.4 Å². The number of carbonyl (C=O) groups excluding carboxylic acids is 2. The Kier molecular flexibility index (Phi) is 6.69. The van der Waals surface area contributed by atoms with Gasteiger partial charge in [-0.3, -0.25) is 9.59 Å². The van der Waals surface area contributed by atoms with Crippen molar-refractivity contribution in [3.63, 3.8) is 0 Å². The van der Waals surface area contributed by atoms with Crippen molar-refractivity contribution in [1.29, 1.82) is 0 Å². The quantitative estimate of drug-likeness (QED) is 0.742. The third kappa shape index (κ3) is 4.88. The van der Waals surface area contributed by atoms with Gasteiger partial charge in [0.15, 0.2) is 0 Å². The maximum atomic E-state index is 12.9. The maximum Gasteiger partial charge on any atom is 0.254 e. The summed E-state index contributed by atoms with van der Waals surface area (Å²) in [7, 11) is 2.15. The van der Waals surface area contributed by atoms with Crippen molar-refractivity contribution in [1.82, 2.24) is 15.1 Å². The number of carbonyl (C=O) groups is 2. The van der Waals surface area contributed by atoms with E-state index in [0.29, 0.717) is 44.0 Å². The van der Waals surface area contributed by atoms with Crippen molar-refractivity contribution in [2.24, 2.45) is 0 Å². The number of morpholine rings is 1. The Morgan fingerprint density at radius 3 is 2.35 bits per heavy atom. The molecule has 2 amide bonds. The second kappa shape index (κ2) is 10.0. The third-order valence-corrected chi connectivity index (χ3v) is 6.87. The zero-order valence-corrected chi connectivity index (χ0v) is 19.7. The molecule has 0 aromatic heterocycles. The number of anilines is 1. The smallest absolute Gasteiger partial charge is 0.254 e. The van der Waals surface area contributed by atoms with Gasteiger partial charge >= 0.3 is 0 Å². The molecule has 0 aliphatic carbocycles. The first-order valence-corrected chi connectivity index (χ1v) is 12.0. The highest BCUT2D eigenvalue weighted by Gasteiger charge is 2.27. The molecule has 2 saturated heterocycles. The number of hydrogen-bond donors (Lipinski definition) is 1. The highest BCUT2D eigenvalue weighted by molar-refractivity contribution is 5.98. The van der Waals surface area contributed by atoms with E-state index in [9.17, 15) is 9.59 Å². The molecule has 5 rings (SSSR count). The number of nitrogens with one attached hydrogen (secondary N) is 1. The fraction of sp³-hybridized carbons (Fsp3) is 0.462. The minimum Gasteiger partial charge on any atom is -0.491 e. The minimum absolute atomic E-state index is 0.0241. The second-order valence-corrected chi connectivity index (χ2v) is 9.21. The summed E-state index contributed by atoms with van der Waals surface area (Å²) in [6.07, 6.45) is 0.733. The summed E-state index contributed by atoms with van der Waals surface area (Å²) in [5.41, 5.74) is 3.49. The molecule has 1 unspecified atom stereocenters. The molecule has 1 atom stereocenters. The Balaban J connectivity index is 1.23. The minimum atomic E-state index is -0.153. The average molecular weight is 465 g/mol. The molecule has 180 valence electrons.